The van der Waals surface area contributed by atoms with Gasteiger partial charge in [0, 0.05) is 48.2 Å². The number of aromatic amines is 1. The van der Waals surface area contributed by atoms with Gasteiger partial charge in [-0.2, -0.15) is 5.10 Å². The lowest BCUT2D eigenvalue weighted by molar-refractivity contribution is -0.138. The molecule has 1 fully saturated rings. The highest BCUT2D eigenvalue weighted by Crippen LogP contribution is 2.42. The van der Waals surface area contributed by atoms with E-state index in [4.69, 9.17) is 4.74 Å². The number of piperidine rings is 1. The lowest BCUT2D eigenvalue weighted by atomic mass is 9.86. The first kappa shape index (κ1) is 22.0. The van der Waals surface area contributed by atoms with E-state index in [-0.39, 0.29) is 17.6 Å². The summed E-state index contributed by atoms with van der Waals surface area (Å²) >= 11 is 1.65. The average Bonchev–Trinajstić information content (AvgIpc) is 3.48. The molecule has 2 aliphatic rings. The summed E-state index contributed by atoms with van der Waals surface area (Å²) in [5.41, 5.74) is 2.96. The Hall–Kier alpha value is -3.53. The number of anilines is 2. The van der Waals surface area contributed by atoms with Crippen LogP contribution in [0.4, 0.5) is 11.5 Å². The monoisotopic (exact) mass is 490 g/mol. The second-order valence-electron chi connectivity index (χ2n) is 9.07. The van der Waals surface area contributed by atoms with Gasteiger partial charge in [0.2, 0.25) is 5.91 Å². The van der Waals surface area contributed by atoms with Gasteiger partial charge < -0.3 is 15.0 Å². The van der Waals surface area contributed by atoms with E-state index in [1.165, 1.54) is 10.4 Å². The standard InChI is InChI=1S/C25H26N6O3S/c1-2-34-20-11-18-15(12-28-30-18)9-19(20)29-23-22-17-4-3-14(10-21(17)35-24(22)27-13-26-23)25(33)31-7-5-16(32)6-8-31/h9,11-14H,2-8,10H2,1H3,(H,28,30)(H,26,27,29)/t14-/m0/s1. The number of ether oxygens (including phenoxy) is 1. The first-order chi connectivity index (χ1) is 17.1. The lowest BCUT2D eigenvalue weighted by Crippen LogP contribution is -2.43. The second kappa shape index (κ2) is 8.92. The SMILES string of the molecule is CCOc1cc2[nH]ncc2cc1Nc1ncnc2sc3c(c12)CC[C@H](C(=O)N1CCC(=O)CC1)C3. The van der Waals surface area contributed by atoms with E-state index in [0.717, 1.165) is 51.2 Å². The van der Waals surface area contributed by atoms with Gasteiger partial charge in [-0.3, -0.25) is 14.7 Å². The zero-order valence-corrected chi connectivity index (χ0v) is 20.3. The summed E-state index contributed by atoms with van der Waals surface area (Å²) in [5.74, 6) is 1.87. The summed E-state index contributed by atoms with van der Waals surface area (Å²) < 4.78 is 5.88. The van der Waals surface area contributed by atoms with Gasteiger partial charge in [0.25, 0.3) is 0 Å². The van der Waals surface area contributed by atoms with Gasteiger partial charge in [-0.1, -0.05) is 0 Å². The van der Waals surface area contributed by atoms with Crippen LogP contribution in [0.2, 0.25) is 0 Å². The summed E-state index contributed by atoms with van der Waals surface area (Å²) in [4.78, 5) is 37.8. The van der Waals surface area contributed by atoms with Crippen molar-refractivity contribution in [1.82, 2.24) is 25.1 Å². The number of fused-ring (bicyclic) bond motifs is 4. The van der Waals surface area contributed by atoms with Crippen molar-refractivity contribution < 1.29 is 14.3 Å². The fourth-order valence-corrected chi connectivity index (χ4v) is 6.39. The number of thiophene rings is 1. The third-order valence-electron chi connectivity index (χ3n) is 6.92. The van der Waals surface area contributed by atoms with E-state index >= 15 is 0 Å². The number of nitrogens with zero attached hydrogens (tertiary/aromatic N) is 4. The number of hydrogen-bond acceptors (Lipinski definition) is 8. The topological polar surface area (TPSA) is 113 Å². The molecule has 1 saturated heterocycles. The van der Waals surface area contributed by atoms with Gasteiger partial charge in [-0.05, 0) is 37.8 Å². The first-order valence-electron chi connectivity index (χ1n) is 12.0. The molecule has 10 heteroatoms. The highest BCUT2D eigenvalue weighted by Gasteiger charge is 2.33. The summed E-state index contributed by atoms with van der Waals surface area (Å²) in [6.07, 6.45) is 6.63. The largest absolute Gasteiger partial charge is 0.492 e. The predicted molar refractivity (Wildman–Crippen MR) is 134 cm³/mol. The summed E-state index contributed by atoms with van der Waals surface area (Å²) in [6.45, 7) is 3.60. The molecule has 4 heterocycles. The second-order valence-corrected chi connectivity index (χ2v) is 10.2. The smallest absolute Gasteiger partial charge is 0.226 e. The van der Waals surface area contributed by atoms with Crippen molar-refractivity contribution in [2.75, 3.05) is 25.0 Å². The number of Topliss-reactive ketones (excluding diaryl/α,β-unsaturated/α-hetero) is 1. The number of rotatable bonds is 5. The Morgan fingerprint density at radius 3 is 2.94 bits per heavy atom. The zero-order chi connectivity index (χ0) is 23.9. The van der Waals surface area contributed by atoms with Gasteiger partial charge in [-0.25, -0.2) is 9.97 Å². The van der Waals surface area contributed by atoms with Crippen molar-refractivity contribution >= 4 is 55.7 Å². The molecule has 6 rings (SSSR count). The first-order valence-corrected chi connectivity index (χ1v) is 12.8. The van der Waals surface area contributed by atoms with Crippen molar-refractivity contribution in [2.45, 2.75) is 39.0 Å². The molecular formula is C25H26N6O3S. The third kappa shape index (κ3) is 4.01. The van der Waals surface area contributed by atoms with E-state index in [9.17, 15) is 9.59 Å². The van der Waals surface area contributed by atoms with Crippen LogP contribution in [-0.2, 0) is 22.4 Å². The van der Waals surface area contributed by atoms with Crippen molar-refractivity contribution in [2.24, 2.45) is 5.92 Å². The number of amides is 1. The molecule has 1 aromatic carbocycles. The molecule has 1 aliphatic carbocycles. The van der Waals surface area contributed by atoms with E-state index in [0.29, 0.717) is 39.0 Å². The fraction of sp³-hybridized carbons (Fsp3) is 0.400. The van der Waals surface area contributed by atoms with Crippen LogP contribution >= 0.6 is 11.3 Å². The Kier molecular flexibility index (Phi) is 5.60. The Labute approximate surface area is 205 Å². The van der Waals surface area contributed by atoms with E-state index < -0.39 is 0 Å². The van der Waals surface area contributed by atoms with Crippen LogP contribution in [0.25, 0.3) is 21.1 Å². The molecule has 9 nitrogen and oxygen atoms in total. The fourth-order valence-electron chi connectivity index (χ4n) is 5.12. The maximum Gasteiger partial charge on any atom is 0.226 e. The molecule has 0 radical (unpaired) electrons. The molecule has 3 aromatic heterocycles. The summed E-state index contributed by atoms with van der Waals surface area (Å²) in [7, 11) is 0. The number of carbonyl (C=O) groups is 2. The minimum absolute atomic E-state index is 0.0406. The Morgan fingerprint density at radius 1 is 1.26 bits per heavy atom. The summed E-state index contributed by atoms with van der Waals surface area (Å²) in [5, 5.41) is 12.6. The normalized spacial score (nSPS) is 18.1. The molecule has 35 heavy (non-hydrogen) atoms. The maximum absolute atomic E-state index is 13.1. The van der Waals surface area contributed by atoms with Crippen LogP contribution < -0.4 is 10.1 Å². The molecule has 1 amide bonds. The van der Waals surface area contributed by atoms with Crippen molar-refractivity contribution in [3.8, 4) is 5.75 Å². The van der Waals surface area contributed by atoms with Crippen LogP contribution in [-0.4, -0.2) is 56.5 Å². The molecule has 1 aliphatic heterocycles. The maximum atomic E-state index is 13.1. The van der Waals surface area contributed by atoms with E-state index in [1.807, 2.05) is 24.0 Å². The molecule has 2 N–H and O–H groups in total. The van der Waals surface area contributed by atoms with Crippen LogP contribution in [0.3, 0.4) is 0 Å². The molecule has 0 spiro atoms. The Bertz CT molecular complexity index is 1430. The quantitative estimate of drug-likeness (QED) is 0.435. The number of hydrogen-bond donors (Lipinski definition) is 2. The number of aryl methyl sites for hydroxylation is 1. The average molecular weight is 491 g/mol. The molecule has 0 saturated carbocycles. The molecule has 0 bridgehead atoms. The molecule has 0 unspecified atom stereocenters. The van der Waals surface area contributed by atoms with Gasteiger partial charge >= 0.3 is 0 Å². The molecule has 4 aromatic rings. The molecular weight excluding hydrogens is 464 g/mol. The van der Waals surface area contributed by atoms with Crippen LogP contribution in [0.5, 0.6) is 5.75 Å². The van der Waals surface area contributed by atoms with Gasteiger partial charge in [0.15, 0.2) is 0 Å². The van der Waals surface area contributed by atoms with Gasteiger partial charge in [-0.15, -0.1) is 11.3 Å². The number of likely N-dealkylation sites (tertiary alicyclic amines) is 1. The molecule has 180 valence electrons. The predicted octanol–water partition coefficient (Wildman–Crippen LogP) is 4.01. The number of ketones is 1. The van der Waals surface area contributed by atoms with Crippen molar-refractivity contribution in [3.63, 3.8) is 0 Å². The number of aromatic nitrogens is 4. The van der Waals surface area contributed by atoms with Crippen LogP contribution in [0.15, 0.2) is 24.7 Å². The summed E-state index contributed by atoms with van der Waals surface area (Å²) in [6, 6.07) is 3.95. The van der Waals surface area contributed by atoms with E-state index in [2.05, 4.69) is 25.5 Å². The minimum atomic E-state index is -0.0406. The Morgan fingerprint density at radius 2 is 2.11 bits per heavy atom. The van der Waals surface area contributed by atoms with Gasteiger partial charge in [0.1, 0.15) is 28.5 Å². The lowest BCUT2D eigenvalue weighted by Gasteiger charge is -2.31. The third-order valence-corrected chi connectivity index (χ3v) is 8.08. The zero-order valence-electron chi connectivity index (χ0n) is 19.5. The number of carbonyl (C=O) groups excluding carboxylic acids is 2. The number of nitrogens with one attached hydrogen (secondary N) is 2. The number of H-pyrrole nitrogens is 1. The highest BCUT2D eigenvalue weighted by molar-refractivity contribution is 7.19. The molecule has 1 atom stereocenters. The number of benzene rings is 1. The highest BCUT2D eigenvalue weighted by atomic mass is 32.1. The van der Waals surface area contributed by atoms with Crippen LogP contribution in [0, 0.1) is 5.92 Å². The Balaban J connectivity index is 1.30. The van der Waals surface area contributed by atoms with Gasteiger partial charge in [0.05, 0.1) is 29.4 Å². The van der Waals surface area contributed by atoms with Crippen LogP contribution in [0.1, 0.15) is 36.6 Å². The minimum Gasteiger partial charge on any atom is -0.492 e. The van der Waals surface area contributed by atoms with E-state index in [1.54, 1.807) is 23.9 Å². The van der Waals surface area contributed by atoms with Crippen molar-refractivity contribution in [1.29, 1.82) is 0 Å². The van der Waals surface area contributed by atoms with Crippen molar-refractivity contribution in [3.05, 3.63) is 35.1 Å².